The first-order valence-corrected chi connectivity index (χ1v) is 18.8. The summed E-state index contributed by atoms with van der Waals surface area (Å²) in [6.07, 6.45) is 3.89. The summed E-state index contributed by atoms with van der Waals surface area (Å²) in [6, 6.07) is 16.3. The van der Waals surface area contributed by atoms with E-state index in [1.54, 1.807) is 24.3 Å². The molecule has 4 aliphatic rings. The maximum absolute atomic E-state index is 14.4. The van der Waals surface area contributed by atoms with Crippen LogP contribution in [0.1, 0.15) is 58.8 Å². The highest BCUT2D eigenvalue weighted by atomic mass is 35.5. The topological polar surface area (TPSA) is 104 Å². The SMILES string of the molecule is O=C(O[C@@H](Cc1c(Cl)c[n+]([O-])cc1Cl)c1ccc(OC(F)F)c(OCC2CC2)c1)c1cccc(CN(C(=O)O[C@H]2CN3CCC2CC3)c2cccc(F)c2)c1. The number of fused-ring (bicyclic) bond motifs is 3. The fraction of sp³-hybridized carbons (Fsp3) is 0.375. The molecule has 55 heavy (non-hydrogen) atoms. The third-order valence-electron chi connectivity index (χ3n) is 10.1. The number of pyridine rings is 1. The van der Waals surface area contributed by atoms with Crippen molar-refractivity contribution in [3.8, 4) is 11.5 Å². The predicted octanol–water partition coefficient (Wildman–Crippen LogP) is 8.53. The second-order valence-corrected chi connectivity index (χ2v) is 14.9. The van der Waals surface area contributed by atoms with Crippen LogP contribution in [0.25, 0.3) is 0 Å². The molecule has 4 heterocycles. The molecule has 10 nitrogen and oxygen atoms in total. The molecule has 15 heteroatoms. The second-order valence-electron chi connectivity index (χ2n) is 14.1. The standard InChI is InChI=1S/C40H38Cl2F3N3O7/c41-32-20-47(51)21-33(42)31(32)18-35(27-9-10-34(54-39(44)45)36(16-27)52-23-24-7-8-24)53-38(49)28-4-1-3-25(15-28)19-48(30-6-2-5-29(43)17-30)40(50)55-37-22-46-13-11-26(37)12-14-46/h1-6,9-10,15-17,20-21,24,26,35,37,39H,7-8,11-14,18-19,22-23H2/t35-,37-/m0/s1. The Morgan fingerprint density at radius 3 is 2.36 bits per heavy atom. The summed E-state index contributed by atoms with van der Waals surface area (Å²) in [5.74, 6) is -0.892. The Bertz CT molecular complexity index is 2010. The second kappa shape index (κ2) is 17.0. The summed E-state index contributed by atoms with van der Waals surface area (Å²) in [5.41, 5.74) is 1.60. The van der Waals surface area contributed by atoms with Crippen LogP contribution in [0.3, 0.4) is 0 Å². The Balaban J connectivity index is 1.15. The summed E-state index contributed by atoms with van der Waals surface area (Å²) in [5, 5.41) is 12.0. The van der Waals surface area contributed by atoms with Crippen molar-refractivity contribution < 1.29 is 46.4 Å². The Morgan fingerprint density at radius 1 is 0.945 bits per heavy atom. The minimum absolute atomic E-state index is 0.0241. The first-order valence-electron chi connectivity index (χ1n) is 18.0. The number of amides is 1. The third kappa shape index (κ3) is 9.75. The number of rotatable bonds is 14. The summed E-state index contributed by atoms with van der Waals surface area (Å²) in [7, 11) is 0. The molecular formula is C40H38Cl2F3N3O7. The molecule has 0 unspecified atom stereocenters. The highest BCUT2D eigenvalue weighted by molar-refractivity contribution is 6.35. The van der Waals surface area contributed by atoms with E-state index in [9.17, 15) is 28.0 Å². The number of carbonyl (C=O) groups excluding carboxylic acids is 2. The van der Waals surface area contributed by atoms with Gasteiger partial charge in [-0.1, -0.05) is 47.5 Å². The number of benzene rings is 3. The number of piperidine rings is 3. The molecule has 290 valence electrons. The number of halogens is 5. The van der Waals surface area contributed by atoms with E-state index in [1.165, 1.54) is 47.4 Å². The van der Waals surface area contributed by atoms with Gasteiger partial charge in [0.25, 0.3) is 0 Å². The van der Waals surface area contributed by atoms with Crippen LogP contribution in [0, 0.1) is 22.9 Å². The number of esters is 1. The Hall–Kier alpha value is -4.72. The average Bonchev–Trinajstić information content (AvgIpc) is 3.99. The lowest BCUT2D eigenvalue weighted by Crippen LogP contribution is -2.53. The van der Waals surface area contributed by atoms with Gasteiger partial charge in [0.1, 0.15) is 28.1 Å². The van der Waals surface area contributed by atoms with Crippen molar-refractivity contribution >= 4 is 41.0 Å². The Morgan fingerprint density at radius 2 is 1.69 bits per heavy atom. The zero-order valence-electron chi connectivity index (χ0n) is 29.6. The van der Waals surface area contributed by atoms with Crippen molar-refractivity contribution in [2.45, 2.75) is 57.5 Å². The molecular weight excluding hydrogens is 762 g/mol. The van der Waals surface area contributed by atoms with Gasteiger partial charge in [-0.05, 0) is 104 Å². The molecule has 1 aliphatic carbocycles. The van der Waals surface area contributed by atoms with Gasteiger partial charge >= 0.3 is 18.7 Å². The van der Waals surface area contributed by atoms with E-state index >= 15 is 0 Å². The van der Waals surface area contributed by atoms with Crippen LogP contribution in [-0.2, 0) is 22.4 Å². The number of nitrogens with zero attached hydrogens (tertiary/aromatic N) is 3. The quantitative estimate of drug-likeness (QED) is 0.0711. The first-order chi connectivity index (χ1) is 26.5. The molecule has 4 aromatic rings. The van der Waals surface area contributed by atoms with Crippen molar-refractivity contribution in [2.75, 3.05) is 31.1 Å². The van der Waals surface area contributed by atoms with Gasteiger partial charge in [-0.25, -0.2) is 14.0 Å². The van der Waals surface area contributed by atoms with E-state index in [0.29, 0.717) is 40.5 Å². The van der Waals surface area contributed by atoms with E-state index in [1.807, 2.05) is 0 Å². The minimum atomic E-state index is -3.10. The number of hydrogen-bond acceptors (Lipinski definition) is 8. The van der Waals surface area contributed by atoms with Gasteiger partial charge < -0.3 is 24.2 Å². The van der Waals surface area contributed by atoms with Crippen LogP contribution < -0.4 is 19.1 Å². The summed E-state index contributed by atoms with van der Waals surface area (Å²) < 4.78 is 64.1. The number of ether oxygens (including phenoxy) is 4. The molecule has 3 aliphatic heterocycles. The molecule has 2 atom stereocenters. The first kappa shape index (κ1) is 38.6. The predicted molar refractivity (Wildman–Crippen MR) is 197 cm³/mol. The van der Waals surface area contributed by atoms with Crippen LogP contribution in [0.2, 0.25) is 10.0 Å². The largest absolute Gasteiger partial charge is 0.619 e. The number of carbonyl (C=O) groups is 2. The zero-order chi connectivity index (χ0) is 38.6. The lowest BCUT2D eigenvalue weighted by molar-refractivity contribution is -0.605. The number of hydrogen-bond donors (Lipinski definition) is 0. The molecule has 3 aromatic carbocycles. The average molecular weight is 801 g/mol. The van der Waals surface area contributed by atoms with Crippen LogP contribution in [-0.4, -0.2) is 55.9 Å². The third-order valence-corrected chi connectivity index (χ3v) is 10.8. The molecule has 0 spiro atoms. The summed E-state index contributed by atoms with van der Waals surface area (Å²) in [4.78, 5) is 31.3. The monoisotopic (exact) mass is 799 g/mol. The number of anilines is 1. The van der Waals surface area contributed by atoms with E-state index < -0.39 is 30.6 Å². The van der Waals surface area contributed by atoms with Gasteiger partial charge in [0.2, 0.25) is 0 Å². The van der Waals surface area contributed by atoms with Crippen LogP contribution in [0.4, 0.5) is 23.7 Å². The fourth-order valence-corrected chi connectivity index (χ4v) is 7.58. The molecule has 8 rings (SSSR count). The maximum Gasteiger partial charge on any atom is 0.414 e. The highest BCUT2D eigenvalue weighted by Gasteiger charge is 2.37. The van der Waals surface area contributed by atoms with Crippen molar-refractivity contribution in [3.63, 3.8) is 0 Å². The van der Waals surface area contributed by atoms with Crippen molar-refractivity contribution in [1.29, 1.82) is 0 Å². The van der Waals surface area contributed by atoms with E-state index in [0.717, 1.165) is 51.2 Å². The smallest absolute Gasteiger partial charge is 0.414 e. The highest BCUT2D eigenvalue weighted by Crippen LogP contribution is 2.38. The summed E-state index contributed by atoms with van der Waals surface area (Å²) in [6.45, 7) is -0.284. The molecule has 1 saturated carbocycles. The molecule has 4 fully saturated rings. The molecule has 3 saturated heterocycles. The zero-order valence-corrected chi connectivity index (χ0v) is 31.1. The molecule has 0 radical (unpaired) electrons. The van der Waals surface area contributed by atoms with Crippen molar-refractivity contribution in [2.24, 2.45) is 11.8 Å². The van der Waals surface area contributed by atoms with Gasteiger partial charge in [0, 0.05) is 18.5 Å². The van der Waals surface area contributed by atoms with Crippen LogP contribution >= 0.6 is 23.2 Å². The molecule has 1 amide bonds. The molecule has 2 bridgehead atoms. The van der Waals surface area contributed by atoms with Gasteiger partial charge in [0.15, 0.2) is 23.9 Å². The lowest BCUT2D eigenvalue weighted by Gasteiger charge is -2.44. The lowest BCUT2D eigenvalue weighted by atomic mass is 9.86. The Labute approximate surface area is 325 Å². The van der Waals surface area contributed by atoms with Gasteiger partial charge in [-0.15, -0.1) is 0 Å². The maximum atomic E-state index is 14.4. The van der Waals surface area contributed by atoms with Crippen molar-refractivity contribution in [3.05, 3.63) is 122 Å². The normalized spacial score (nSPS) is 19.5. The van der Waals surface area contributed by atoms with Gasteiger partial charge in [0.05, 0.1) is 24.4 Å². The van der Waals surface area contributed by atoms with Crippen molar-refractivity contribution in [1.82, 2.24) is 4.90 Å². The van der Waals surface area contributed by atoms with E-state index in [-0.39, 0.29) is 57.8 Å². The van der Waals surface area contributed by atoms with E-state index in [2.05, 4.69) is 4.90 Å². The number of aromatic nitrogens is 1. The van der Waals surface area contributed by atoms with Gasteiger partial charge in [-0.3, -0.25) is 9.80 Å². The minimum Gasteiger partial charge on any atom is -0.619 e. The number of alkyl halides is 2. The fourth-order valence-electron chi connectivity index (χ4n) is 6.98. The molecule has 0 N–H and O–H groups in total. The Kier molecular flexibility index (Phi) is 11.9. The van der Waals surface area contributed by atoms with Crippen LogP contribution in [0.5, 0.6) is 11.5 Å². The van der Waals surface area contributed by atoms with Crippen LogP contribution in [0.15, 0.2) is 79.1 Å². The molecule has 1 aromatic heterocycles. The van der Waals surface area contributed by atoms with Gasteiger partial charge in [-0.2, -0.15) is 13.5 Å². The summed E-state index contributed by atoms with van der Waals surface area (Å²) >= 11 is 12.8. The van der Waals surface area contributed by atoms with E-state index in [4.69, 9.17) is 42.1 Å².